The van der Waals surface area contributed by atoms with Gasteiger partial charge in [-0.3, -0.25) is 4.79 Å². The molecule has 5 rings (SSSR count). The molecule has 2 aliphatic rings. The van der Waals surface area contributed by atoms with Crippen LogP contribution in [0.3, 0.4) is 0 Å². The van der Waals surface area contributed by atoms with Crippen LogP contribution < -0.4 is 10.2 Å². The summed E-state index contributed by atoms with van der Waals surface area (Å²) in [7, 11) is 0. The van der Waals surface area contributed by atoms with Gasteiger partial charge in [-0.05, 0) is 75.4 Å². The molecule has 2 atom stereocenters. The van der Waals surface area contributed by atoms with E-state index in [-0.39, 0.29) is 18.1 Å². The Hall–Kier alpha value is -2.79. The highest BCUT2D eigenvalue weighted by Gasteiger charge is 2.23. The minimum atomic E-state index is -0.0689. The first-order valence-corrected chi connectivity index (χ1v) is 11.0. The van der Waals surface area contributed by atoms with Gasteiger partial charge in [0.05, 0.1) is 23.3 Å². The standard InChI is InChI=1S/C25H29N3O2/c1-16-14-28(15-17(2)30-16)19-12-10-18(11-13-19)26-25(29)22-8-5-7-21-20-6-3-4-9-23(20)27-24(21)22/h5,7-8,10-13,16-17,27H,3-4,6,9,14-15H2,1-2H3,(H,26,29). The third-order valence-corrected chi connectivity index (χ3v) is 6.29. The van der Waals surface area contributed by atoms with Gasteiger partial charge in [0.15, 0.2) is 0 Å². The molecule has 2 N–H and O–H groups in total. The molecule has 1 aromatic heterocycles. The molecule has 2 aromatic carbocycles. The molecule has 3 aromatic rings. The minimum Gasteiger partial charge on any atom is -0.372 e. The number of para-hydroxylation sites is 1. The number of rotatable bonds is 3. The lowest BCUT2D eigenvalue weighted by Gasteiger charge is -2.36. The summed E-state index contributed by atoms with van der Waals surface area (Å²) in [6, 6.07) is 14.2. The molecule has 1 fully saturated rings. The molecule has 0 bridgehead atoms. The summed E-state index contributed by atoms with van der Waals surface area (Å²) in [4.78, 5) is 18.9. The maximum Gasteiger partial charge on any atom is 0.257 e. The molecule has 0 radical (unpaired) electrons. The quantitative estimate of drug-likeness (QED) is 0.653. The maximum atomic E-state index is 13.1. The van der Waals surface area contributed by atoms with E-state index >= 15 is 0 Å². The van der Waals surface area contributed by atoms with Crippen molar-refractivity contribution in [1.82, 2.24) is 4.98 Å². The van der Waals surface area contributed by atoms with Crippen LogP contribution in [0, 0.1) is 0 Å². The second-order valence-electron chi connectivity index (χ2n) is 8.68. The topological polar surface area (TPSA) is 57.4 Å². The van der Waals surface area contributed by atoms with Crippen molar-refractivity contribution in [2.75, 3.05) is 23.3 Å². The van der Waals surface area contributed by atoms with Crippen molar-refractivity contribution in [3.63, 3.8) is 0 Å². The van der Waals surface area contributed by atoms with Crippen molar-refractivity contribution in [3.05, 3.63) is 59.3 Å². The number of amides is 1. The normalized spacial score (nSPS) is 21.5. The number of fused-ring (bicyclic) bond motifs is 3. The van der Waals surface area contributed by atoms with Crippen molar-refractivity contribution in [3.8, 4) is 0 Å². The number of anilines is 2. The van der Waals surface area contributed by atoms with Crippen LogP contribution in [0.2, 0.25) is 0 Å². The van der Waals surface area contributed by atoms with Gasteiger partial charge in [0, 0.05) is 35.5 Å². The number of aromatic nitrogens is 1. The molecule has 5 nitrogen and oxygen atoms in total. The number of carbonyl (C=O) groups excluding carboxylic acids is 1. The van der Waals surface area contributed by atoms with Crippen molar-refractivity contribution < 1.29 is 9.53 Å². The van der Waals surface area contributed by atoms with Crippen LogP contribution in [0.1, 0.15) is 48.3 Å². The van der Waals surface area contributed by atoms with Gasteiger partial charge in [0.25, 0.3) is 5.91 Å². The number of nitrogens with one attached hydrogen (secondary N) is 2. The third-order valence-electron chi connectivity index (χ3n) is 6.29. The van der Waals surface area contributed by atoms with E-state index in [0.29, 0.717) is 5.56 Å². The lowest BCUT2D eigenvalue weighted by atomic mass is 9.95. The molecule has 1 aliphatic heterocycles. The number of aromatic amines is 1. The van der Waals surface area contributed by atoms with Crippen LogP contribution in [0.25, 0.3) is 10.9 Å². The number of hydrogen-bond acceptors (Lipinski definition) is 3. The first-order chi connectivity index (χ1) is 14.6. The summed E-state index contributed by atoms with van der Waals surface area (Å²) >= 11 is 0. The Morgan fingerprint density at radius 2 is 1.77 bits per heavy atom. The molecule has 2 unspecified atom stereocenters. The van der Waals surface area contributed by atoms with E-state index in [2.05, 4.69) is 47.2 Å². The van der Waals surface area contributed by atoms with E-state index in [4.69, 9.17) is 4.74 Å². The van der Waals surface area contributed by atoms with Gasteiger partial charge in [-0.25, -0.2) is 0 Å². The Bertz CT molecular complexity index is 1060. The Morgan fingerprint density at radius 3 is 2.53 bits per heavy atom. The number of carbonyl (C=O) groups is 1. The highest BCUT2D eigenvalue weighted by atomic mass is 16.5. The van der Waals surface area contributed by atoms with E-state index in [9.17, 15) is 4.79 Å². The molecular weight excluding hydrogens is 374 g/mol. The van der Waals surface area contributed by atoms with E-state index < -0.39 is 0 Å². The second-order valence-corrected chi connectivity index (χ2v) is 8.68. The molecule has 0 saturated carbocycles. The lowest BCUT2D eigenvalue weighted by molar-refractivity contribution is -0.00521. The number of nitrogens with zero attached hydrogens (tertiary/aromatic N) is 1. The molecule has 1 saturated heterocycles. The molecule has 1 aliphatic carbocycles. The van der Waals surface area contributed by atoms with Crippen molar-refractivity contribution in [2.24, 2.45) is 0 Å². The van der Waals surface area contributed by atoms with Crippen LogP contribution in [0.5, 0.6) is 0 Å². The zero-order valence-corrected chi connectivity index (χ0v) is 17.7. The minimum absolute atomic E-state index is 0.0689. The van der Waals surface area contributed by atoms with E-state index in [1.807, 2.05) is 24.3 Å². The lowest BCUT2D eigenvalue weighted by Crippen LogP contribution is -2.45. The van der Waals surface area contributed by atoms with Gasteiger partial charge in [-0.2, -0.15) is 0 Å². The average Bonchev–Trinajstić information content (AvgIpc) is 3.12. The molecular formula is C25H29N3O2. The fraction of sp³-hybridized carbons (Fsp3) is 0.400. The summed E-state index contributed by atoms with van der Waals surface area (Å²) in [6.07, 6.45) is 5.06. The number of benzene rings is 2. The number of morpholine rings is 1. The zero-order valence-electron chi connectivity index (χ0n) is 17.7. The monoisotopic (exact) mass is 403 g/mol. The number of H-pyrrole nitrogens is 1. The van der Waals surface area contributed by atoms with Gasteiger partial charge < -0.3 is 19.9 Å². The van der Waals surface area contributed by atoms with Gasteiger partial charge in [-0.15, -0.1) is 0 Å². The highest BCUT2D eigenvalue weighted by molar-refractivity contribution is 6.12. The van der Waals surface area contributed by atoms with Crippen LogP contribution in [-0.4, -0.2) is 36.2 Å². The summed E-state index contributed by atoms with van der Waals surface area (Å²) in [5.74, 6) is -0.0689. The second kappa shape index (κ2) is 7.80. The number of aryl methyl sites for hydroxylation is 2. The number of hydrogen-bond donors (Lipinski definition) is 2. The fourth-order valence-corrected chi connectivity index (χ4v) is 4.96. The van der Waals surface area contributed by atoms with Crippen molar-refractivity contribution >= 4 is 28.2 Å². The summed E-state index contributed by atoms with van der Waals surface area (Å²) < 4.78 is 5.83. The Labute approximate surface area is 177 Å². The molecule has 0 spiro atoms. The SMILES string of the molecule is CC1CN(c2ccc(NC(=O)c3cccc4c5c([nH]c34)CCCC5)cc2)CC(C)O1. The van der Waals surface area contributed by atoms with Crippen LogP contribution in [-0.2, 0) is 17.6 Å². The molecule has 156 valence electrons. The molecule has 5 heteroatoms. The van der Waals surface area contributed by atoms with E-state index in [1.165, 1.54) is 29.5 Å². The highest BCUT2D eigenvalue weighted by Crippen LogP contribution is 2.31. The zero-order chi connectivity index (χ0) is 20.7. The van der Waals surface area contributed by atoms with Crippen molar-refractivity contribution in [2.45, 2.75) is 51.7 Å². The van der Waals surface area contributed by atoms with Gasteiger partial charge in [-0.1, -0.05) is 12.1 Å². The predicted octanol–water partition coefficient (Wildman–Crippen LogP) is 4.91. The number of ether oxygens (including phenoxy) is 1. The Morgan fingerprint density at radius 1 is 1.03 bits per heavy atom. The average molecular weight is 404 g/mol. The Balaban J connectivity index is 1.35. The Kier molecular flexibility index (Phi) is 4.99. The summed E-state index contributed by atoms with van der Waals surface area (Å²) in [5.41, 5.74) is 6.34. The van der Waals surface area contributed by atoms with Gasteiger partial charge >= 0.3 is 0 Å². The first kappa shape index (κ1) is 19.2. The smallest absolute Gasteiger partial charge is 0.257 e. The maximum absolute atomic E-state index is 13.1. The largest absolute Gasteiger partial charge is 0.372 e. The molecule has 2 heterocycles. The third kappa shape index (κ3) is 3.58. The summed E-state index contributed by atoms with van der Waals surface area (Å²) in [5, 5.41) is 4.27. The molecule has 1 amide bonds. The first-order valence-electron chi connectivity index (χ1n) is 11.0. The summed E-state index contributed by atoms with van der Waals surface area (Å²) in [6.45, 7) is 5.98. The van der Waals surface area contributed by atoms with Crippen LogP contribution in [0.4, 0.5) is 11.4 Å². The van der Waals surface area contributed by atoms with E-state index in [1.54, 1.807) is 0 Å². The van der Waals surface area contributed by atoms with Crippen LogP contribution >= 0.6 is 0 Å². The van der Waals surface area contributed by atoms with E-state index in [0.717, 1.165) is 42.8 Å². The predicted molar refractivity (Wildman–Crippen MR) is 122 cm³/mol. The van der Waals surface area contributed by atoms with Crippen molar-refractivity contribution in [1.29, 1.82) is 0 Å². The van der Waals surface area contributed by atoms with Gasteiger partial charge in [0.2, 0.25) is 0 Å². The fourth-order valence-electron chi connectivity index (χ4n) is 4.96. The molecule has 30 heavy (non-hydrogen) atoms. The van der Waals surface area contributed by atoms with Gasteiger partial charge in [0.1, 0.15) is 0 Å². The van der Waals surface area contributed by atoms with Crippen LogP contribution in [0.15, 0.2) is 42.5 Å².